The number of thiazole rings is 1. The van der Waals surface area contributed by atoms with E-state index in [9.17, 15) is 0 Å². The second-order valence-electron chi connectivity index (χ2n) is 10.4. The van der Waals surface area contributed by atoms with Gasteiger partial charge in [0, 0.05) is 49.6 Å². The number of rotatable bonds is 2. The molecule has 5 heteroatoms. The largest absolute Gasteiger partial charge is 0.304 e. The third kappa shape index (κ3) is 5.47. The average Bonchev–Trinajstić information content (AvgIpc) is 3.69. The van der Waals surface area contributed by atoms with Crippen LogP contribution in [0.25, 0.3) is 73.8 Å². The van der Waals surface area contributed by atoms with Crippen molar-refractivity contribution < 1.29 is 28.3 Å². The Kier molecular flexibility index (Phi) is 6.31. The summed E-state index contributed by atoms with van der Waals surface area (Å²) >= 11 is 3.56. The number of benzene rings is 6. The quantitative estimate of drug-likeness (QED) is 0.129. The van der Waals surface area contributed by atoms with Gasteiger partial charge in [-0.25, -0.2) is 0 Å². The molecule has 0 atom stereocenters. The van der Waals surface area contributed by atoms with Gasteiger partial charge in [0.15, 0.2) is 0 Å². The molecule has 2 nitrogen and oxygen atoms in total. The summed E-state index contributed by atoms with van der Waals surface area (Å²) < 4.78 is 46.2. The van der Waals surface area contributed by atoms with Crippen molar-refractivity contribution in [2.75, 3.05) is 0 Å². The second kappa shape index (κ2) is 12.3. The molecular weight excluding hydrogens is 765 g/mol. The smallest absolute Gasteiger partial charge is 0.124 e. The molecular formula is C40H26IrN2S2-2. The van der Waals surface area contributed by atoms with E-state index < -0.39 is 13.7 Å². The van der Waals surface area contributed by atoms with Crippen molar-refractivity contribution in [3.63, 3.8) is 0 Å². The maximum atomic E-state index is 7.28. The van der Waals surface area contributed by atoms with E-state index in [0.717, 1.165) is 15.4 Å². The summed E-state index contributed by atoms with van der Waals surface area (Å²) in [6.07, 6.45) is 1.30. The first-order chi connectivity index (χ1) is 24.0. The fraction of sp³-hybridized carbons (Fsp3) is 0.0500. The van der Waals surface area contributed by atoms with Crippen molar-refractivity contribution in [3.05, 3.63) is 145 Å². The molecule has 0 bridgehead atoms. The summed E-state index contributed by atoms with van der Waals surface area (Å²) in [5.74, 6) is 0. The van der Waals surface area contributed by atoms with E-state index in [1.807, 2.05) is 18.2 Å². The van der Waals surface area contributed by atoms with Crippen LogP contribution in [0.2, 0.25) is 0 Å². The number of nitrogens with zero attached hydrogens (tertiary/aromatic N) is 2. The Morgan fingerprint density at radius 2 is 1.31 bits per heavy atom. The first-order valence-electron chi connectivity index (χ1n) is 17.1. The minimum absolute atomic E-state index is 0. The van der Waals surface area contributed by atoms with Crippen molar-refractivity contribution in [1.29, 1.82) is 0 Å². The number of aryl methyl sites for hydroxylation is 2. The molecule has 0 aliphatic carbocycles. The Bertz CT molecular complexity index is 2610. The molecule has 6 aromatic carbocycles. The van der Waals surface area contributed by atoms with Crippen LogP contribution in [0, 0.1) is 25.8 Å². The SMILES string of the molecule is [2H]C([2H])([2H])c1c[c-]c(-c2ccc(C([2H])([2H])[2H])cn2)cc1.[Ir].[c-]1ccccc1-c1nc2sc3cc4c5ccccc5c5ccccc5c4cc3c2s1. The Morgan fingerprint density at radius 1 is 0.622 bits per heavy atom. The van der Waals surface area contributed by atoms with E-state index >= 15 is 0 Å². The Balaban J connectivity index is 0.000000170. The molecule has 3 heterocycles. The van der Waals surface area contributed by atoms with Gasteiger partial charge in [0.05, 0.1) is 4.70 Å². The standard InChI is InChI=1S/C27H14NS2.C13H12N.Ir/c1-2-8-16(9-3-1)26-28-27-25(30-26)23-14-21-19-12-6-4-10-17(19)18-11-5-7-13-20(18)22(21)15-24(23)29-27;1-10-3-6-12(7-4-10)13-8-5-11(2)9-14-13;/h1-8,10-15H;3-6,8-9H,1-2H3;/q2*-1;/i;1D3,2D3;. The van der Waals surface area contributed by atoms with E-state index in [-0.39, 0.29) is 31.2 Å². The summed E-state index contributed by atoms with van der Waals surface area (Å²) in [7, 11) is 0. The van der Waals surface area contributed by atoms with Crippen LogP contribution >= 0.6 is 22.7 Å². The molecule has 9 rings (SSSR count). The van der Waals surface area contributed by atoms with Crippen LogP contribution in [0.3, 0.4) is 0 Å². The summed E-state index contributed by atoms with van der Waals surface area (Å²) in [5, 5.41) is 10.3. The molecule has 0 amide bonds. The normalized spacial score (nSPS) is 13.7. The minimum atomic E-state index is -2.18. The average molecular weight is 797 g/mol. The Hall–Kier alpha value is -4.25. The topological polar surface area (TPSA) is 25.8 Å². The van der Waals surface area contributed by atoms with Crippen LogP contribution in [0.15, 0.2) is 121 Å². The summed E-state index contributed by atoms with van der Waals surface area (Å²) in [4.78, 5) is 10.1. The number of pyridine rings is 1. The molecule has 9 aromatic rings. The Labute approximate surface area is 291 Å². The minimum Gasteiger partial charge on any atom is -0.304 e. The molecule has 0 unspecified atom stereocenters. The number of fused-ring (bicyclic) bond motifs is 9. The maximum Gasteiger partial charge on any atom is 0.124 e. The van der Waals surface area contributed by atoms with Gasteiger partial charge < -0.3 is 4.98 Å². The van der Waals surface area contributed by atoms with Crippen LogP contribution in [-0.2, 0) is 20.1 Å². The van der Waals surface area contributed by atoms with Gasteiger partial charge in [-0.2, -0.15) is 11.3 Å². The molecule has 0 saturated heterocycles. The van der Waals surface area contributed by atoms with E-state index in [0.29, 0.717) is 11.3 Å². The van der Waals surface area contributed by atoms with Gasteiger partial charge in [0.25, 0.3) is 0 Å². The zero-order valence-corrected chi connectivity index (χ0v) is 27.6. The summed E-state index contributed by atoms with van der Waals surface area (Å²) in [5.41, 5.74) is 2.61. The molecule has 219 valence electrons. The Morgan fingerprint density at radius 3 is 1.93 bits per heavy atom. The predicted octanol–water partition coefficient (Wildman–Crippen LogP) is 11.6. The molecule has 0 aliphatic rings. The van der Waals surface area contributed by atoms with Gasteiger partial charge in [-0.05, 0) is 62.6 Å². The molecule has 45 heavy (non-hydrogen) atoms. The number of thiophene rings is 1. The third-order valence-corrected chi connectivity index (χ3v) is 9.98. The van der Waals surface area contributed by atoms with Crippen LogP contribution in [0.5, 0.6) is 0 Å². The van der Waals surface area contributed by atoms with Gasteiger partial charge in [-0.1, -0.05) is 67.5 Å². The zero-order chi connectivity index (χ0) is 34.6. The van der Waals surface area contributed by atoms with E-state index in [1.54, 1.807) is 34.8 Å². The first kappa shape index (κ1) is 23.1. The fourth-order valence-corrected chi connectivity index (χ4v) is 7.97. The number of hydrogen-bond donors (Lipinski definition) is 0. The van der Waals surface area contributed by atoms with Crippen molar-refractivity contribution in [3.8, 4) is 21.8 Å². The molecule has 0 fully saturated rings. The van der Waals surface area contributed by atoms with Crippen LogP contribution in [0.1, 0.15) is 19.4 Å². The van der Waals surface area contributed by atoms with Gasteiger partial charge in [-0.3, -0.25) is 4.98 Å². The van der Waals surface area contributed by atoms with E-state index in [4.69, 9.17) is 13.2 Å². The first-order valence-corrected chi connectivity index (χ1v) is 15.7. The molecule has 1 radical (unpaired) electrons. The van der Waals surface area contributed by atoms with Crippen molar-refractivity contribution in [2.45, 2.75) is 13.7 Å². The fourth-order valence-electron chi connectivity index (χ4n) is 5.62. The van der Waals surface area contributed by atoms with E-state index in [2.05, 4.69) is 83.8 Å². The van der Waals surface area contributed by atoms with Crippen molar-refractivity contribution >= 4 is 74.6 Å². The van der Waals surface area contributed by atoms with Gasteiger partial charge >= 0.3 is 0 Å². The van der Waals surface area contributed by atoms with Crippen LogP contribution in [-0.4, -0.2) is 9.97 Å². The van der Waals surface area contributed by atoms with Crippen molar-refractivity contribution in [1.82, 2.24) is 9.97 Å². The van der Waals surface area contributed by atoms with Crippen molar-refractivity contribution in [2.24, 2.45) is 0 Å². The maximum absolute atomic E-state index is 7.28. The summed E-state index contributed by atoms with van der Waals surface area (Å²) in [6.45, 7) is -4.34. The zero-order valence-electron chi connectivity index (χ0n) is 29.6. The summed E-state index contributed by atoms with van der Waals surface area (Å²) in [6, 6.07) is 44.1. The number of hydrogen-bond acceptors (Lipinski definition) is 4. The molecule has 0 spiro atoms. The molecule has 0 aliphatic heterocycles. The third-order valence-electron chi connectivity index (χ3n) is 7.68. The van der Waals surface area contributed by atoms with E-state index in [1.165, 1.54) is 71.5 Å². The monoisotopic (exact) mass is 797 g/mol. The van der Waals surface area contributed by atoms with Crippen LogP contribution < -0.4 is 0 Å². The van der Waals surface area contributed by atoms with Gasteiger partial charge in [0.1, 0.15) is 4.83 Å². The number of aromatic nitrogens is 2. The molecule has 3 aromatic heterocycles. The second-order valence-corrected chi connectivity index (χ2v) is 12.5. The van der Waals surface area contributed by atoms with Crippen LogP contribution in [0.4, 0.5) is 0 Å². The predicted molar refractivity (Wildman–Crippen MR) is 190 cm³/mol. The molecule has 0 saturated carbocycles. The van der Waals surface area contributed by atoms with Gasteiger partial charge in [-0.15, -0.1) is 82.6 Å². The molecule has 0 N–H and O–H groups in total. The van der Waals surface area contributed by atoms with Gasteiger partial charge in [0.2, 0.25) is 0 Å².